The van der Waals surface area contributed by atoms with Crippen LogP contribution in [0, 0.1) is 5.41 Å². The van der Waals surface area contributed by atoms with Gasteiger partial charge in [0.1, 0.15) is 4.99 Å². The van der Waals surface area contributed by atoms with E-state index in [2.05, 4.69) is 0 Å². The molecule has 0 saturated carbocycles. The maximum absolute atomic E-state index is 8.85. The van der Waals surface area contributed by atoms with Gasteiger partial charge in [0.05, 0.1) is 0 Å². The summed E-state index contributed by atoms with van der Waals surface area (Å²) in [5, 5.41) is 9.83. The fourth-order valence-electron chi connectivity index (χ4n) is 0.485. The summed E-state index contributed by atoms with van der Waals surface area (Å²) >= 11 is 4.89. The summed E-state index contributed by atoms with van der Waals surface area (Å²) in [4.78, 5) is 0.558. The van der Waals surface area contributed by atoms with Crippen molar-refractivity contribution in [2.24, 2.45) is 5.41 Å². The Morgan fingerprint density at radius 1 is 1.44 bits per heavy atom. The summed E-state index contributed by atoms with van der Waals surface area (Å²) in [6.45, 7) is 5.88. The van der Waals surface area contributed by atoms with Gasteiger partial charge in [-0.25, -0.2) is 0 Å². The molecule has 0 aromatic rings. The van der Waals surface area contributed by atoms with Crippen LogP contribution in [0.3, 0.4) is 0 Å². The quantitative estimate of drug-likeness (QED) is 0.416. The van der Waals surface area contributed by atoms with Gasteiger partial charge in [-0.3, -0.25) is 10.3 Å². The number of hydrogen-bond donors (Lipinski definition) is 1. The van der Waals surface area contributed by atoms with E-state index in [4.69, 9.17) is 17.4 Å². The lowest BCUT2D eigenvalue weighted by molar-refractivity contribution is 0.00791. The van der Waals surface area contributed by atoms with Crippen molar-refractivity contribution in [3.05, 3.63) is 0 Å². The lowest BCUT2D eigenvalue weighted by Gasteiger charge is -2.23. The van der Waals surface area contributed by atoms with Crippen LogP contribution in [0.25, 0.3) is 0 Å². The van der Waals surface area contributed by atoms with Crippen molar-refractivity contribution >= 4 is 17.2 Å². The lowest BCUT2D eigenvalue weighted by atomic mass is 9.97. The number of nitrogens with zero attached hydrogens (tertiary/aromatic N) is 1. The zero-order chi connectivity index (χ0) is 7.65. The average molecular weight is 147 g/mol. The topological polar surface area (TPSA) is 23.5 Å². The third-order valence-electron chi connectivity index (χ3n) is 0.936. The molecule has 0 aromatic carbocycles. The van der Waals surface area contributed by atoms with Crippen LogP contribution in [0.2, 0.25) is 0 Å². The summed E-state index contributed by atoms with van der Waals surface area (Å²) in [6, 6.07) is 0. The van der Waals surface area contributed by atoms with Crippen LogP contribution in [-0.2, 0) is 0 Å². The van der Waals surface area contributed by atoms with Gasteiger partial charge in [-0.1, -0.05) is 33.0 Å². The smallest absolute Gasteiger partial charge is 0.108 e. The zero-order valence-corrected chi connectivity index (χ0v) is 7.12. The first-order valence-electron chi connectivity index (χ1n) is 2.82. The van der Waals surface area contributed by atoms with Crippen LogP contribution in [0.15, 0.2) is 0 Å². The standard InChI is InChI=1S/C6H13NOS/c1-6(2,3)5(9)7(4)8/h8H,1-4H3. The first-order chi connectivity index (χ1) is 3.85. The van der Waals surface area contributed by atoms with E-state index in [1.54, 1.807) is 0 Å². The number of hydroxylamine groups is 2. The molecule has 0 atom stereocenters. The van der Waals surface area contributed by atoms with Crippen LogP contribution >= 0.6 is 12.2 Å². The fraction of sp³-hybridized carbons (Fsp3) is 0.833. The van der Waals surface area contributed by atoms with Crippen LogP contribution in [-0.4, -0.2) is 22.3 Å². The second-order valence-corrected chi connectivity index (χ2v) is 3.47. The summed E-state index contributed by atoms with van der Waals surface area (Å²) in [7, 11) is 1.54. The Labute approximate surface area is 61.4 Å². The van der Waals surface area contributed by atoms with Crippen molar-refractivity contribution in [2.75, 3.05) is 7.05 Å². The largest absolute Gasteiger partial charge is 0.288 e. The SMILES string of the molecule is CN(O)C(=S)C(C)(C)C. The molecule has 0 aliphatic carbocycles. The van der Waals surface area contributed by atoms with E-state index in [0.29, 0.717) is 4.99 Å². The molecule has 0 fully saturated rings. The molecule has 0 spiro atoms. The molecule has 0 rings (SSSR count). The molecule has 0 aromatic heterocycles. The molecule has 0 saturated heterocycles. The van der Waals surface area contributed by atoms with Gasteiger partial charge in [-0.2, -0.15) is 0 Å². The minimum atomic E-state index is -0.112. The zero-order valence-electron chi connectivity index (χ0n) is 6.30. The lowest BCUT2D eigenvalue weighted by Crippen LogP contribution is -2.32. The molecular weight excluding hydrogens is 134 g/mol. The Kier molecular flexibility index (Phi) is 2.58. The van der Waals surface area contributed by atoms with Gasteiger partial charge in [-0.15, -0.1) is 0 Å². The molecule has 2 nitrogen and oxygen atoms in total. The van der Waals surface area contributed by atoms with Crippen molar-refractivity contribution in [1.82, 2.24) is 5.06 Å². The van der Waals surface area contributed by atoms with Gasteiger partial charge < -0.3 is 0 Å². The predicted molar refractivity (Wildman–Crippen MR) is 41.6 cm³/mol. The van der Waals surface area contributed by atoms with E-state index in [-0.39, 0.29) is 5.41 Å². The van der Waals surface area contributed by atoms with Gasteiger partial charge in [0.15, 0.2) is 0 Å². The normalized spacial score (nSPS) is 11.2. The number of thiocarbonyl (C=S) groups is 1. The van der Waals surface area contributed by atoms with Crippen LogP contribution < -0.4 is 0 Å². The van der Waals surface area contributed by atoms with Gasteiger partial charge in [-0.05, 0) is 0 Å². The van der Waals surface area contributed by atoms with Crippen LogP contribution in [0.4, 0.5) is 0 Å². The molecule has 0 amide bonds. The molecule has 1 N–H and O–H groups in total. The number of rotatable bonds is 0. The Bertz CT molecular complexity index is 115. The molecule has 0 bridgehead atoms. The number of hydrogen-bond acceptors (Lipinski definition) is 2. The maximum Gasteiger partial charge on any atom is 0.108 e. The summed E-state index contributed by atoms with van der Waals surface area (Å²) in [6.07, 6.45) is 0. The van der Waals surface area contributed by atoms with Gasteiger partial charge in [0.25, 0.3) is 0 Å². The minimum Gasteiger partial charge on any atom is -0.288 e. The molecule has 0 aliphatic heterocycles. The van der Waals surface area contributed by atoms with Crippen molar-refractivity contribution in [3.63, 3.8) is 0 Å². The van der Waals surface area contributed by atoms with Gasteiger partial charge in [0, 0.05) is 12.5 Å². The van der Waals surface area contributed by atoms with Crippen molar-refractivity contribution in [3.8, 4) is 0 Å². The highest BCUT2D eigenvalue weighted by Crippen LogP contribution is 2.16. The molecule has 9 heavy (non-hydrogen) atoms. The Morgan fingerprint density at radius 3 is 1.78 bits per heavy atom. The summed E-state index contributed by atoms with van der Waals surface area (Å²) < 4.78 is 0. The molecule has 0 unspecified atom stereocenters. The third-order valence-corrected chi connectivity index (χ3v) is 1.81. The highest BCUT2D eigenvalue weighted by Gasteiger charge is 2.19. The van der Waals surface area contributed by atoms with E-state index in [1.807, 2.05) is 20.8 Å². The average Bonchev–Trinajstić information content (AvgIpc) is 1.62. The second kappa shape index (κ2) is 2.62. The van der Waals surface area contributed by atoms with Gasteiger partial charge in [0.2, 0.25) is 0 Å². The van der Waals surface area contributed by atoms with Crippen molar-refractivity contribution < 1.29 is 5.21 Å². The van der Waals surface area contributed by atoms with E-state index in [9.17, 15) is 0 Å². The highest BCUT2D eigenvalue weighted by atomic mass is 32.1. The van der Waals surface area contributed by atoms with Crippen LogP contribution in [0.1, 0.15) is 20.8 Å². The molecule has 0 aliphatic rings. The first-order valence-corrected chi connectivity index (χ1v) is 3.23. The fourth-order valence-corrected chi connectivity index (χ4v) is 0.485. The Balaban J connectivity index is 4.06. The molecule has 0 radical (unpaired) electrons. The monoisotopic (exact) mass is 147 g/mol. The molecule has 0 heterocycles. The minimum absolute atomic E-state index is 0.112. The maximum atomic E-state index is 8.85. The first kappa shape index (κ1) is 8.85. The third kappa shape index (κ3) is 2.77. The van der Waals surface area contributed by atoms with Crippen molar-refractivity contribution in [2.45, 2.75) is 20.8 Å². The van der Waals surface area contributed by atoms with E-state index in [1.165, 1.54) is 7.05 Å². The Morgan fingerprint density at radius 2 is 1.78 bits per heavy atom. The van der Waals surface area contributed by atoms with Crippen molar-refractivity contribution in [1.29, 1.82) is 0 Å². The molecule has 3 heteroatoms. The second-order valence-electron chi connectivity index (χ2n) is 3.08. The Hall–Kier alpha value is -0.150. The molecule has 54 valence electrons. The summed E-state index contributed by atoms with van der Waals surface area (Å²) in [5.74, 6) is 0. The van der Waals surface area contributed by atoms with E-state index in [0.717, 1.165) is 5.06 Å². The van der Waals surface area contributed by atoms with Gasteiger partial charge >= 0.3 is 0 Å². The van der Waals surface area contributed by atoms with E-state index >= 15 is 0 Å². The molecular formula is C6H13NOS. The van der Waals surface area contributed by atoms with Crippen LogP contribution in [0.5, 0.6) is 0 Å². The highest BCUT2D eigenvalue weighted by molar-refractivity contribution is 7.80. The predicted octanol–water partition coefficient (Wildman–Crippen LogP) is 1.68. The van der Waals surface area contributed by atoms with E-state index < -0.39 is 0 Å². The summed E-state index contributed by atoms with van der Waals surface area (Å²) in [5.41, 5.74) is -0.112.